The van der Waals surface area contributed by atoms with Crippen LogP contribution in [0, 0.1) is 6.92 Å². The molecule has 0 amide bonds. The van der Waals surface area contributed by atoms with Gasteiger partial charge in [0, 0.05) is 5.56 Å². The molecule has 2 rings (SSSR count). The number of hydrogen-bond acceptors (Lipinski definition) is 2. The minimum Gasteiger partial charge on any atom is -0.508 e. The van der Waals surface area contributed by atoms with Gasteiger partial charge in [-0.1, -0.05) is 11.6 Å². The molecule has 14 heavy (non-hydrogen) atoms. The molecule has 0 aliphatic carbocycles. The average Bonchev–Trinajstić information content (AvgIpc) is 2.64. The van der Waals surface area contributed by atoms with Crippen molar-refractivity contribution in [1.82, 2.24) is 0 Å². The summed E-state index contributed by atoms with van der Waals surface area (Å²) in [6, 6.07) is 6.91. The molecule has 0 spiro atoms. The Morgan fingerprint density at radius 1 is 1.36 bits per heavy atom. The number of phenols is 1. The van der Waals surface area contributed by atoms with Crippen molar-refractivity contribution in [2.75, 3.05) is 0 Å². The molecular formula is C11H9ClO2. The Balaban J connectivity index is 2.60. The topological polar surface area (TPSA) is 33.4 Å². The lowest BCUT2D eigenvalue weighted by atomic mass is 10.1. The molecule has 1 aromatic carbocycles. The summed E-state index contributed by atoms with van der Waals surface area (Å²) >= 11 is 6.02. The summed E-state index contributed by atoms with van der Waals surface area (Å²) < 4.78 is 5.20. The van der Waals surface area contributed by atoms with Crippen LogP contribution in [0.3, 0.4) is 0 Å². The van der Waals surface area contributed by atoms with Gasteiger partial charge >= 0.3 is 0 Å². The Labute approximate surface area is 86.7 Å². The minimum atomic E-state index is 0.223. The van der Waals surface area contributed by atoms with Crippen LogP contribution in [0.25, 0.3) is 11.3 Å². The van der Waals surface area contributed by atoms with Gasteiger partial charge < -0.3 is 9.52 Å². The van der Waals surface area contributed by atoms with Gasteiger partial charge in [0.25, 0.3) is 0 Å². The van der Waals surface area contributed by atoms with Crippen LogP contribution in [-0.2, 0) is 0 Å². The van der Waals surface area contributed by atoms with Crippen molar-refractivity contribution in [2.45, 2.75) is 6.92 Å². The Morgan fingerprint density at radius 2 is 2.14 bits per heavy atom. The second-order valence-corrected chi connectivity index (χ2v) is 3.50. The normalized spacial score (nSPS) is 10.4. The van der Waals surface area contributed by atoms with Crippen molar-refractivity contribution in [3.8, 4) is 17.1 Å². The minimum absolute atomic E-state index is 0.223. The van der Waals surface area contributed by atoms with E-state index in [0.29, 0.717) is 16.3 Å². The van der Waals surface area contributed by atoms with E-state index in [9.17, 15) is 5.11 Å². The van der Waals surface area contributed by atoms with E-state index in [1.807, 2.05) is 0 Å². The molecule has 3 heteroatoms. The Morgan fingerprint density at radius 3 is 2.79 bits per heavy atom. The number of furan rings is 1. The first-order valence-corrected chi connectivity index (χ1v) is 4.59. The van der Waals surface area contributed by atoms with Crippen LogP contribution in [-0.4, -0.2) is 5.11 Å². The number of rotatable bonds is 1. The van der Waals surface area contributed by atoms with Crippen molar-refractivity contribution in [1.29, 1.82) is 0 Å². The molecule has 0 saturated heterocycles. The summed E-state index contributed by atoms with van der Waals surface area (Å²) in [7, 11) is 0. The largest absolute Gasteiger partial charge is 0.508 e. The number of halogens is 1. The highest BCUT2D eigenvalue weighted by Gasteiger charge is 2.08. The molecule has 0 saturated carbocycles. The Kier molecular flexibility index (Phi) is 2.22. The molecule has 1 aromatic heterocycles. The Bertz CT molecular complexity index is 447. The molecule has 0 radical (unpaired) electrons. The molecule has 0 aliphatic heterocycles. The fraction of sp³-hybridized carbons (Fsp3) is 0.0909. The van der Waals surface area contributed by atoms with Gasteiger partial charge in [-0.2, -0.15) is 0 Å². The number of phenolic OH excluding ortho intramolecular Hbond substituents is 1. The maximum absolute atomic E-state index is 9.52. The highest BCUT2D eigenvalue weighted by atomic mass is 35.5. The lowest BCUT2D eigenvalue weighted by Crippen LogP contribution is -1.80. The second kappa shape index (κ2) is 3.39. The summed E-state index contributed by atoms with van der Waals surface area (Å²) in [6.07, 6.45) is 1.57. The molecule has 0 bridgehead atoms. The molecular weight excluding hydrogens is 200 g/mol. The standard InChI is InChI=1S/C11H9ClO2/c1-7-5-9(12)8(6-10(7)13)11-3-2-4-14-11/h2-6,13H,1H3. The SMILES string of the molecule is Cc1cc(Cl)c(-c2ccco2)cc1O. The average molecular weight is 209 g/mol. The van der Waals surface area contributed by atoms with Crippen LogP contribution in [0.15, 0.2) is 34.9 Å². The van der Waals surface area contributed by atoms with Gasteiger partial charge in [-0.25, -0.2) is 0 Å². The molecule has 2 aromatic rings. The maximum Gasteiger partial charge on any atom is 0.135 e. The lowest BCUT2D eigenvalue weighted by molar-refractivity contribution is 0.471. The summed E-state index contributed by atoms with van der Waals surface area (Å²) in [4.78, 5) is 0. The quantitative estimate of drug-likeness (QED) is 0.777. The maximum atomic E-state index is 9.52. The van der Waals surface area contributed by atoms with E-state index in [1.54, 1.807) is 37.5 Å². The summed E-state index contributed by atoms with van der Waals surface area (Å²) in [5, 5.41) is 10.1. The van der Waals surface area contributed by atoms with Crippen molar-refractivity contribution < 1.29 is 9.52 Å². The molecule has 0 fully saturated rings. The van der Waals surface area contributed by atoms with Crippen molar-refractivity contribution >= 4 is 11.6 Å². The van der Waals surface area contributed by atoms with E-state index in [1.165, 1.54) is 0 Å². The van der Waals surface area contributed by atoms with Crippen molar-refractivity contribution in [2.24, 2.45) is 0 Å². The summed E-state index contributed by atoms with van der Waals surface area (Å²) in [5.41, 5.74) is 1.46. The highest BCUT2D eigenvalue weighted by Crippen LogP contribution is 2.33. The summed E-state index contributed by atoms with van der Waals surface area (Å²) in [6.45, 7) is 1.80. The smallest absolute Gasteiger partial charge is 0.135 e. The first kappa shape index (κ1) is 9.16. The van der Waals surface area contributed by atoms with E-state index in [0.717, 1.165) is 5.56 Å². The molecule has 0 atom stereocenters. The van der Waals surface area contributed by atoms with Crippen LogP contribution in [0.2, 0.25) is 5.02 Å². The van der Waals surface area contributed by atoms with E-state index in [4.69, 9.17) is 16.0 Å². The molecule has 0 unspecified atom stereocenters. The molecule has 1 heterocycles. The van der Waals surface area contributed by atoms with Gasteiger partial charge in [-0.15, -0.1) is 0 Å². The summed E-state index contributed by atoms with van der Waals surface area (Å²) in [5.74, 6) is 0.881. The predicted molar refractivity (Wildman–Crippen MR) is 55.6 cm³/mol. The van der Waals surface area contributed by atoms with Crippen LogP contribution in [0.1, 0.15) is 5.56 Å². The third-order valence-corrected chi connectivity index (χ3v) is 2.38. The fourth-order valence-electron chi connectivity index (χ4n) is 1.28. The zero-order chi connectivity index (χ0) is 10.1. The van der Waals surface area contributed by atoms with Crippen LogP contribution in [0.5, 0.6) is 5.75 Å². The monoisotopic (exact) mass is 208 g/mol. The van der Waals surface area contributed by atoms with Crippen LogP contribution >= 0.6 is 11.6 Å². The van der Waals surface area contributed by atoms with Crippen molar-refractivity contribution in [3.63, 3.8) is 0 Å². The van der Waals surface area contributed by atoms with Gasteiger partial charge in [0.1, 0.15) is 11.5 Å². The molecule has 72 valence electrons. The molecule has 2 nitrogen and oxygen atoms in total. The van der Waals surface area contributed by atoms with Gasteiger partial charge in [0.05, 0.1) is 11.3 Å². The number of benzene rings is 1. The molecule has 0 aliphatic rings. The third-order valence-electron chi connectivity index (χ3n) is 2.07. The zero-order valence-electron chi connectivity index (χ0n) is 7.62. The van der Waals surface area contributed by atoms with E-state index in [2.05, 4.69) is 0 Å². The van der Waals surface area contributed by atoms with E-state index >= 15 is 0 Å². The van der Waals surface area contributed by atoms with Gasteiger partial charge in [-0.05, 0) is 36.8 Å². The fourth-order valence-corrected chi connectivity index (χ4v) is 1.59. The lowest BCUT2D eigenvalue weighted by Gasteiger charge is -2.04. The molecule has 1 N–H and O–H groups in total. The second-order valence-electron chi connectivity index (χ2n) is 3.10. The number of aromatic hydroxyl groups is 1. The van der Waals surface area contributed by atoms with E-state index < -0.39 is 0 Å². The van der Waals surface area contributed by atoms with Crippen LogP contribution in [0.4, 0.5) is 0 Å². The Hall–Kier alpha value is -1.41. The number of hydrogen-bond donors (Lipinski definition) is 1. The van der Waals surface area contributed by atoms with Crippen molar-refractivity contribution in [3.05, 3.63) is 41.1 Å². The first-order valence-electron chi connectivity index (χ1n) is 4.21. The number of aryl methyl sites for hydroxylation is 1. The predicted octanol–water partition coefficient (Wildman–Crippen LogP) is 3.61. The van der Waals surface area contributed by atoms with Gasteiger partial charge in [0.2, 0.25) is 0 Å². The zero-order valence-corrected chi connectivity index (χ0v) is 8.38. The van der Waals surface area contributed by atoms with E-state index in [-0.39, 0.29) is 5.75 Å². The first-order chi connectivity index (χ1) is 6.68. The van der Waals surface area contributed by atoms with Gasteiger partial charge in [0.15, 0.2) is 0 Å². The van der Waals surface area contributed by atoms with Gasteiger partial charge in [-0.3, -0.25) is 0 Å². The highest BCUT2D eigenvalue weighted by molar-refractivity contribution is 6.33. The van der Waals surface area contributed by atoms with Crippen LogP contribution < -0.4 is 0 Å². The third kappa shape index (κ3) is 1.49.